The summed E-state index contributed by atoms with van der Waals surface area (Å²) in [5.74, 6) is 0.180. The first-order valence-corrected chi connectivity index (χ1v) is 5.55. The van der Waals surface area contributed by atoms with Gasteiger partial charge in [0.25, 0.3) is 5.91 Å². The van der Waals surface area contributed by atoms with Crippen molar-refractivity contribution in [3.05, 3.63) is 18.0 Å². The number of carbonyl (C=O) groups is 1. The fourth-order valence-electron chi connectivity index (χ4n) is 1.92. The highest BCUT2D eigenvalue weighted by atomic mass is 16.3. The Kier molecular flexibility index (Phi) is 2.96. The Morgan fingerprint density at radius 3 is 2.94 bits per heavy atom. The van der Waals surface area contributed by atoms with Gasteiger partial charge in [0.1, 0.15) is 5.69 Å². The van der Waals surface area contributed by atoms with Gasteiger partial charge in [-0.25, -0.2) is 0 Å². The van der Waals surface area contributed by atoms with Crippen molar-refractivity contribution < 1.29 is 9.90 Å². The van der Waals surface area contributed by atoms with Crippen molar-refractivity contribution in [3.63, 3.8) is 0 Å². The van der Waals surface area contributed by atoms with Crippen molar-refractivity contribution in [2.45, 2.75) is 19.4 Å². The molecule has 0 radical (unpaired) electrons. The second-order valence-corrected chi connectivity index (χ2v) is 4.46. The van der Waals surface area contributed by atoms with E-state index >= 15 is 0 Å². The van der Waals surface area contributed by atoms with Crippen molar-refractivity contribution >= 4 is 5.91 Å². The van der Waals surface area contributed by atoms with Crippen LogP contribution in [0.15, 0.2) is 12.3 Å². The van der Waals surface area contributed by atoms with Gasteiger partial charge in [0.15, 0.2) is 0 Å². The molecule has 0 saturated carbocycles. The van der Waals surface area contributed by atoms with E-state index < -0.39 is 6.10 Å². The lowest BCUT2D eigenvalue weighted by molar-refractivity contribution is 0.0245. The zero-order valence-electron chi connectivity index (χ0n) is 9.63. The summed E-state index contributed by atoms with van der Waals surface area (Å²) in [5.41, 5.74) is 0.448. The van der Waals surface area contributed by atoms with Crippen LogP contribution in [0.3, 0.4) is 0 Å². The Hall–Kier alpha value is -1.36. The van der Waals surface area contributed by atoms with Crippen molar-refractivity contribution in [1.82, 2.24) is 14.7 Å². The molecule has 1 fully saturated rings. The van der Waals surface area contributed by atoms with Gasteiger partial charge in [0.05, 0.1) is 6.10 Å². The Labute approximate surface area is 94.7 Å². The van der Waals surface area contributed by atoms with Crippen LogP contribution in [0.25, 0.3) is 0 Å². The maximum absolute atomic E-state index is 12.0. The summed E-state index contributed by atoms with van der Waals surface area (Å²) in [4.78, 5) is 13.7. The Morgan fingerprint density at radius 1 is 1.62 bits per heavy atom. The average molecular weight is 223 g/mol. The van der Waals surface area contributed by atoms with Gasteiger partial charge < -0.3 is 10.0 Å². The van der Waals surface area contributed by atoms with Crippen LogP contribution in [0, 0.1) is 5.92 Å². The normalized spacial score (nSPS) is 25.8. The van der Waals surface area contributed by atoms with Gasteiger partial charge in [-0.05, 0) is 18.4 Å². The summed E-state index contributed by atoms with van der Waals surface area (Å²) in [7, 11) is 1.78. The first kappa shape index (κ1) is 11.1. The predicted molar refractivity (Wildman–Crippen MR) is 58.9 cm³/mol. The number of aliphatic hydroxyl groups is 1. The molecule has 1 aliphatic rings. The van der Waals surface area contributed by atoms with Gasteiger partial charge in [-0.2, -0.15) is 5.10 Å². The number of nitrogens with zero attached hydrogens (tertiary/aromatic N) is 3. The summed E-state index contributed by atoms with van der Waals surface area (Å²) < 4.78 is 1.61. The van der Waals surface area contributed by atoms with Gasteiger partial charge in [0, 0.05) is 26.3 Å². The monoisotopic (exact) mass is 223 g/mol. The van der Waals surface area contributed by atoms with Crippen molar-refractivity contribution in [2.24, 2.45) is 13.0 Å². The van der Waals surface area contributed by atoms with E-state index in [9.17, 15) is 9.90 Å². The van der Waals surface area contributed by atoms with E-state index in [2.05, 4.69) is 5.10 Å². The standard InChI is InChI=1S/C11H17N3O2/c1-8-3-6-14(7-10(8)15)11(16)9-4-5-13(2)12-9/h4-5,8,10,15H,3,6-7H2,1-2H3. The van der Waals surface area contributed by atoms with E-state index in [-0.39, 0.29) is 11.8 Å². The third-order valence-electron chi connectivity index (χ3n) is 3.14. The Balaban J connectivity index is 2.06. The van der Waals surface area contributed by atoms with Crippen molar-refractivity contribution in [2.75, 3.05) is 13.1 Å². The summed E-state index contributed by atoms with van der Waals surface area (Å²) in [6.45, 7) is 3.12. The molecule has 0 aromatic carbocycles. The zero-order chi connectivity index (χ0) is 11.7. The molecule has 2 rings (SSSR count). The number of aliphatic hydroxyl groups excluding tert-OH is 1. The van der Waals surface area contributed by atoms with E-state index in [4.69, 9.17) is 0 Å². The molecule has 0 bridgehead atoms. The molecule has 1 aliphatic heterocycles. The fourth-order valence-corrected chi connectivity index (χ4v) is 1.92. The first-order chi connectivity index (χ1) is 7.58. The number of carbonyl (C=O) groups excluding carboxylic acids is 1. The molecule has 5 heteroatoms. The molecule has 5 nitrogen and oxygen atoms in total. The van der Waals surface area contributed by atoms with Crippen LogP contribution in [0.4, 0.5) is 0 Å². The molecular weight excluding hydrogens is 206 g/mol. The molecule has 1 aromatic heterocycles. The minimum atomic E-state index is -0.415. The number of likely N-dealkylation sites (tertiary alicyclic amines) is 1. The molecule has 2 heterocycles. The first-order valence-electron chi connectivity index (χ1n) is 5.55. The predicted octanol–water partition coefficient (Wildman–Crippen LogP) is 0.263. The molecule has 0 spiro atoms. The topological polar surface area (TPSA) is 58.4 Å². The number of β-amino-alcohol motifs (C(OH)–C–C–N with tert-alkyl or cyclic N) is 1. The molecule has 1 amide bonds. The van der Waals surface area contributed by atoms with Crippen molar-refractivity contribution in [3.8, 4) is 0 Å². The second kappa shape index (κ2) is 4.25. The maximum Gasteiger partial charge on any atom is 0.274 e. The second-order valence-electron chi connectivity index (χ2n) is 4.46. The highest BCUT2D eigenvalue weighted by Crippen LogP contribution is 2.18. The van der Waals surface area contributed by atoms with E-state index in [0.29, 0.717) is 18.8 Å². The highest BCUT2D eigenvalue weighted by molar-refractivity contribution is 5.92. The third kappa shape index (κ3) is 2.09. The smallest absolute Gasteiger partial charge is 0.274 e. The molecule has 16 heavy (non-hydrogen) atoms. The summed E-state index contributed by atoms with van der Waals surface area (Å²) in [6.07, 6.45) is 2.18. The number of hydrogen-bond donors (Lipinski definition) is 1. The van der Waals surface area contributed by atoms with Gasteiger partial charge in [-0.15, -0.1) is 0 Å². The average Bonchev–Trinajstić information content (AvgIpc) is 2.68. The van der Waals surface area contributed by atoms with E-state index in [1.807, 2.05) is 6.92 Å². The number of rotatable bonds is 1. The number of amides is 1. The lowest BCUT2D eigenvalue weighted by Crippen LogP contribution is -2.45. The van der Waals surface area contributed by atoms with E-state index in [1.54, 1.807) is 28.9 Å². The maximum atomic E-state index is 12.0. The van der Waals surface area contributed by atoms with Gasteiger partial charge in [-0.3, -0.25) is 9.48 Å². The molecule has 2 unspecified atom stereocenters. The van der Waals surface area contributed by atoms with Gasteiger partial charge in [0.2, 0.25) is 0 Å². The van der Waals surface area contributed by atoms with Gasteiger partial charge in [-0.1, -0.05) is 6.92 Å². The van der Waals surface area contributed by atoms with Crippen LogP contribution in [0.2, 0.25) is 0 Å². The quantitative estimate of drug-likeness (QED) is 0.743. The molecule has 1 aromatic rings. The highest BCUT2D eigenvalue weighted by Gasteiger charge is 2.28. The summed E-state index contributed by atoms with van der Waals surface area (Å²) in [6, 6.07) is 1.70. The SMILES string of the molecule is CC1CCN(C(=O)c2ccn(C)n2)CC1O. The molecule has 0 aliphatic carbocycles. The Morgan fingerprint density at radius 2 is 2.38 bits per heavy atom. The van der Waals surface area contributed by atoms with E-state index in [0.717, 1.165) is 6.42 Å². The minimum Gasteiger partial charge on any atom is -0.391 e. The van der Waals surface area contributed by atoms with Crippen LogP contribution < -0.4 is 0 Å². The van der Waals surface area contributed by atoms with Gasteiger partial charge >= 0.3 is 0 Å². The lowest BCUT2D eigenvalue weighted by atomic mass is 9.96. The third-order valence-corrected chi connectivity index (χ3v) is 3.14. The number of aromatic nitrogens is 2. The molecule has 88 valence electrons. The fraction of sp³-hybridized carbons (Fsp3) is 0.636. The molecule has 1 N–H and O–H groups in total. The molecular formula is C11H17N3O2. The van der Waals surface area contributed by atoms with Crippen LogP contribution in [0.1, 0.15) is 23.8 Å². The van der Waals surface area contributed by atoms with Crippen LogP contribution in [0.5, 0.6) is 0 Å². The Bertz CT molecular complexity index is 388. The number of hydrogen-bond acceptors (Lipinski definition) is 3. The lowest BCUT2D eigenvalue weighted by Gasteiger charge is -2.33. The number of piperidine rings is 1. The van der Waals surface area contributed by atoms with Crippen LogP contribution >= 0.6 is 0 Å². The van der Waals surface area contributed by atoms with Crippen LogP contribution in [-0.2, 0) is 7.05 Å². The number of aryl methyl sites for hydroxylation is 1. The minimum absolute atomic E-state index is 0.0912. The van der Waals surface area contributed by atoms with Crippen LogP contribution in [-0.4, -0.2) is 44.9 Å². The summed E-state index contributed by atoms with van der Waals surface area (Å²) >= 11 is 0. The largest absolute Gasteiger partial charge is 0.391 e. The summed E-state index contributed by atoms with van der Waals surface area (Å²) in [5, 5.41) is 13.8. The molecule has 1 saturated heterocycles. The zero-order valence-corrected chi connectivity index (χ0v) is 9.63. The van der Waals surface area contributed by atoms with E-state index in [1.165, 1.54) is 0 Å². The van der Waals surface area contributed by atoms with Crippen molar-refractivity contribution in [1.29, 1.82) is 0 Å². The molecule has 2 atom stereocenters.